The summed E-state index contributed by atoms with van der Waals surface area (Å²) in [7, 11) is 0. The van der Waals surface area contributed by atoms with E-state index in [1.165, 1.54) is 6.42 Å². The molecule has 0 radical (unpaired) electrons. The normalized spacial score (nSPS) is 12.6. The van der Waals surface area contributed by atoms with E-state index < -0.39 is 5.41 Å². The fourth-order valence-electron chi connectivity index (χ4n) is 1.41. The first kappa shape index (κ1) is 17.7. The Kier molecular flexibility index (Phi) is 8.19. The molecular weight excluding hydrogens is 240 g/mol. The lowest BCUT2D eigenvalue weighted by Crippen LogP contribution is -2.40. The van der Waals surface area contributed by atoms with Gasteiger partial charge >= 0.3 is 0 Å². The molecule has 0 spiro atoms. The van der Waals surface area contributed by atoms with Gasteiger partial charge in [-0.3, -0.25) is 9.79 Å². The predicted molar refractivity (Wildman–Crippen MR) is 81.0 cm³/mol. The number of hydrogen-bond donors (Lipinski definition) is 3. The first-order chi connectivity index (χ1) is 8.79. The van der Waals surface area contributed by atoms with Crippen LogP contribution >= 0.6 is 0 Å². The van der Waals surface area contributed by atoms with Crippen LogP contribution in [0, 0.1) is 11.3 Å². The Bertz CT molecular complexity index is 298. The Morgan fingerprint density at radius 1 is 1.32 bits per heavy atom. The summed E-state index contributed by atoms with van der Waals surface area (Å²) in [5.41, 5.74) is 4.73. The molecule has 0 aromatic rings. The number of hydrogen-bond acceptors (Lipinski definition) is 2. The van der Waals surface area contributed by atoms with E-state index in [0.29, 0.717) is 6.54 Å². The van der Waals surface area contributed by atoms with E-state index in [-0.39, 0.29) is 5.91 Å². The summed E-state index contributed by atoms with van der Waals surface area (Å²) in [4.78, 5) is 15.7. The van der Waals surface area contributed by atoms with Crippen molar-refractivity contribution in [2.75, 3.05) is 19.6 Å². The maximum atomic E-state index is 11.2. The Balaban J connectivity index is 4.27. The Morgan fingerprint density at radius 3 is 2.42 bits per heavy atom. The minimum absolute atomic E-state index is 0.327. The number of aliphatic imine (C=N–C) groups is 1. The van der Waals surface area contributed by atoms with Crippen molar-refractivity contribution in [2.24, 2.45) is 22.1 Å². The molecule has 0 aliphatic heterocycles. The van der Waals surface area contributed by atoms with Crippen molar-refractivity contribution in [1.29, 1.82) is 0 Å². The van der Waals surface area contributed by atoms with Crippen LogP contribution in [-0.2, 0) is 4.79 Å². The second kappa shape index (κ2) is 8.77. The number of amides is 1. The number of guanidine groups is 1. The molecule has 0 saturated heterocycles. The van der Waals surface area contributed by atoms with Gasteiger partial charge in [-0.05, 0) is 39.5 Å². The number of nitrogens with two attached hydrogens (primary N) is 1. The van der Waals surface area contributed by atoms with Crippen LogP contribution < -0.4 is 16.4 Å². The van der Waals surface area contributed by atoms with Crippen LogP contribution in [0.2, 0.25) is 0 Å². The highest BCUT2D eigenvalue weighted by Crippen LogP contribution is 2.13. The average molecular weight is 270 g/mol. The predicted octanol–water partition coefficient (Wildman–Crippen LogP) is 1.49. The molecule has 5 heteroatoms. The fourth-order valence-corrected chi connectivity index (χ4v) is 1.41. The van der Waals surface area contributed by atoms with E-state index >= 15 is 0 Å². The highest BCUT2D eigenvalue weighted by atomic mass is 16.1. The van der Waals surface area contributed by atoms with E-state index in [4.69, 9.17) is 5.73 Å². The van der Waals surface area contributed by atoms with Gasteiger partial charge < -0.3 is 16.4 Å². The smallest absolute Gasteiger partial charge is 0.224 e. The lowest BCUT2D eigenvalue weighted by molar-refractivity contribution is -0.125. The monoisotopic (exact) mass is 270 g/mol. The topological polar surface area (TPSA) is 79.5 Å². The molecule has 0 fully saturated rings. The Labute approximate surface area is 117 Å². The van der Waals surface area contributed by atoms with Crippen LogP contribution in [-0.4, -0.2) is 31.5 Å². The molecule has 0 aliphatic rings. The van der Waals surface area contributed by atoms with Gasteiger partial charge in [0.2, 0.25) is 5.91 Å². The quantitative estimate of drug-likeness (QED) is 0.355. The lowest BCUT2D eigenvalue weighted by atomic mass is 9.93. The highest BCUT2D eigenvalue weighted by Gasteiger charge is 2.24. The SMILES string of the molecule is CCNC(=NCC(C)(C)C(N)=O)NCCCC(C)C. The third-order valence-corrected chi connectivity index (χ3v) is 2.89. The Hall–Kier alpha value is -1.26. The van der Waals surface area contributed by atoms with Crippen LogP contribution in [0.1, 0.15) is 47.5 Å². The molecule has 0 rings (SSSR count). The van der Waals surface area contributed by atoms with Crippen LogP contribution in [0.4, 0.5) is 0 Å². The van der Waals surface area contributed by atoms with Crippen LogP contribution in [0.3, 0.4) is 0 Å². The number of carbonyl (C=O) groups is 1. The van der Waals surface area contributed by atoms with Crippen molar-refractivity contribution in [3.05, 3.63) is 0 Å². The summed E-state index contributed by atoms with van der Waals surface area (Å²) in [5.74, 6) is 1.14. The van der Waals surface area contributed by atoms with Gasteiger partial charge in [0.15, 0.2) is 5.96 Å². The minimum atomic E-state index is -0.611. The van der Waals surface area contributed by atoms with E-state index in [0.717, 1.165) is 31.4 Å². The van der Waals surface area contributed by atoms with Gasteiger partial charge in [0, 0.05) is 13.1 Å². The maximum Gasteiger partial charge on any atom is 0.224 e. The third-order valence-electron chi connectivity index (χ3n) is 2.89. The van der Waals surface area contributed by atoms with Crippen molar-refractivity contribution in [3.8, 4) is 0 Å². The van der Waals surface area contributed by atoms with E-state index in [2.05, 4.69) is 29.5 Å². The summed E-state index contributed by atoms with van der Waals surface area (Å²) >= 11 is 0. The zero-order valence-corrected chi connectivity index (χ0v) is 13.0. The second-order valence-electron chi connectivity index (χ2n) is 5.91. The molecule has 0 unspecified atom stereocenters. The van der Waals surface area contributed by atoms with E-state index in [1.54, 1.807) is 13.8 Å². The maximum absolute atomic E-state index is 11.2. The number of primary amides is 1. The standard InChI is InChI=1S/C14H30N4O/c1-6-16-13(17-9-7-8-11(2)3)18-10-14(4,5)12(15)19/h11H,6-10H2,1-5H3,(H2,15,19)(H2,16,17,18). The zero-order valence-electron chi connectivity index (χ0n) is 13.0. The fraction of sp³-hybridized carbons (Fsp3) is 0.857. The van der Waals surface area contributed by atoms with Gasteiger partial charge in [0.05, 0.1) is 12.0 Å². The summed E-state index contributed by atoms with van der Waals surface area (Å²) in [5, 5.41) is 6.44. The van der Waals surface area contributed by atoms with Crippen molar-refractivity contribution in [1.82, 2.24) is 10.6 Å². The van der Waals surface area contributed by atoms with Crippen LogP contribution in [0.5, 0.6) is 0 Å². The van der Waals surface area contributed by atoms with Gasteiger partial charge in [0.1, 0.15) is 0 Å². The molecule has 112 valence electrons. The van der Waals surface area contributed by atoms with Crippen LogP contribution in [0.25, 0.3) is 0 Å². The van der Waals surface area contributed by atoms with Gasteiger partial charge in [-0.25, -0.2) is 0 Å². The lowest BCUT2D eigenvalue weighted by Gasteiger charge is -2.19. The molecule has 4 N–H and O–H groups in total. The van der Waals surface area contributed by atoms with E-state index in [1.807, 2.05) is 6.92 Å². The Morgan fingerprint density at radius 2 is 1.95 bits per heavy atom. The molecule has 0 heterocycles. The molecular formula is C14H30N4O. The molecule has 5 nitrogen and oxygen atoms in total. The number of nitrogens with zero attached hydrogens (tertiary/aromatic N) is 1. The van der Waals surface area contributed by atoms with Gasteiger partial charge in [-0.1, -0.05) is 13.8 Å². The first-order valence-corrected chi connectivity index (χ1v) is 7.11. The molecule has 0 aliphatic carbocycles. The van der Waals surface area contributed by atoms with Crippen molar-refractivity contribution in [3.63, 3.8) is 0 Å². The first-order valence-electron chi connectivity index (χ1n) is 7.11. The number of rotatable bonds is 8. The van der Waals surface area contributed by atoms with Gasteiger partial charge in [-0.2, -0.15) is 0 Å². The molecule has 0 bridgehead atoms. The van der Waals surface area contributed by atoms with Crippen molar-refractivity contribution < 1.29 is 4.79 Å². The highest BCUT2D eigenvalue weighted by molar-refractivity contribution is 5.82. The molecule has 19 heavy (non-hydrogen) atoms. The summed E-state index contributed by atoms with van der Waals surface area (Å²) < 4.78 is 0. The average Bonchev–Trinajstić information content (AvgIpc) is 2.31. The summed E-state index contributed by atoms with van der Waals surface area (Å²) in [6.45, 7) is 12.1. The van der Waals surface area contributed by atoms with Crippen LogP contribution in [0.15, 0.2) is 4.99 Å². The number of carbonyl (C=O) groups excluding carboxylic acids is 1. The van der Waals surface area contributed by atoms with E-state index in [9.17, 15) is 4.79 Å². The molecule has 0 saturated carbocycles. The van der Waals surface area contributed by atoms with Crippen molar-refractivity contribution in [2.45, 2.75) is 47.5 Å². The second-order valence-corrected chi connectivity index (χ2v) is 5.91. The molecule has 1 amide bonds. The van der Waals surface area contributed by atoms with Crippen molar-refractivity contribution >= 4 is 11.9 Å². The van der Waals surface area contributed by atoms with Gasteiger partial charge in [-0.15, -0.1) is 0 Å². The van der Waals surface area contributed by atoms with Gasteiger partial charge in [0.25, 0.3) is 0 Å². The largest absolute Gasteiger partial charge is 0.369 e. The molecule has 0 aromatic heterocycles. The minimum Gasteiger partial charge on any atom is -0.369 e. The third kappa shape index (κ3) is 8.46. The zero-order chi connectivity index (χ0) is 14.9. The number of nitrogens with one attached hydrogen (secondary N) is 2. The summed E-state index contributed by atoms with van der Waals surface area (Å²) in [6, 6.07) is 0. The molecule has 0 aromatic carbocycles. The molecule has 0 atom stereocenters. The summed E-state index contributed by atoms with van der Waals surface area (Å²) in [6.07, 6.45) is 2.31.